The van der Waals surface area contributed by atoms with Gasteiger partial charge in [0, 0.05) is 6.42 Å². The molecule has 3 aliphatic heterocycles. The van der Waals surface area contributed by atoms with Crippen LogP contribution in [0.3, 0.4) is 0 Å². The average molecular weight is 1120 g/mol. The average Bonchev–Trinajstić information content (AvgIpc) is 3.45. The minimum atomic E-state index is -1.97. The molecule has 0 aromatic rings. The number of amides is 1. The summed E-state index contributed by atoms with van der Waals surface area (Å²) in [6.45, 7) is 1.65. The Morgan fingerprint density at radius 2 is 0.885 bits per heavy atom. The summed E-state index contributed by atoms with van der Waals surface area (Å²) < 4.78 is 34.3. The summed E-state index contributed by atoms with van der Waals surface area (Å²) in [5, 5.41) is 120. The molecule has 19 heteroatoms. The highest BCUT2D eigenvalue weighted by molar-refractivity contribution is 5.76. The third kappa shape index (κ3) is 26.3. The zero-order chi connectivity index (χ0) is 56.9. The van der Waals surface area contributed by atoms with Gasteiger partial charge >= 0.3 is 0 Å². The smallest absolute Gasteiger partial charge is 0.220 e. The van der Waals surface area contributed by atoms with Crippen molar-refractivity contribution < 1.29 is 89.4 Å². The van der Waals surface area contributed by atoms with E-state index in [1.165, 1.54) is 64.2 Å². The van der Waals surface area contributed by atoms with E-state index in [0.29, 0.717) is 12.8 Å². The minimum Gasteiger partial charge on any atom is -0.394 e. The van der Waals surface area contributed by atoms with Crippen LogP contribution >= 0.6 is 0 Å². The first-order chi connectivity index (χ1) is 37.8. The molecule has 19 nitrogen and oxygen atoms in total. The van der Waals surface area contributed by atoms with Crippen LogP contribution in [-0.4, -0.2) is 193 Å². The molecule has 0 saturated carbocycles. The Labute approximate surface area is 465 Å². The van der Waals surface area contributed by atoms with E-state index >= 15 is 0 Å². The van der Waals surface area contributed by atoms with E-state index in [1.54, 1.807) is 0 Å². The van der Waals surface area contributed by atoms with Crippen molar-refractivity contribution in [2.45, 2.75) is 291 Å². The van der Waals surface area contributed by atoms with Crippen molar-refractivity contribution >= 4 is 5.91 Å². The number of allylic oxidation sites excluding steroid dienone is 8. The maximum absolute atomic E-state index is 13.3. The summed E-state index contributed by atoms with van der Waals surface area (Å²) in [6, 6.07) is -0.895. The first-order valence-corrected chi connectivity index (χ1v) is 29.9. The number of unbranched alkanes of at least 4 members (excludes halogenated alkanes) is 19. The SMILES string of the molecule is CC/C=C\C/C=C\C/C=C\C/C=C\CCCCCCCCC(=O)NC(COC1OC(CO)C(OC2OC(CO)C(OC3OC(CO)C(O)C(O)C3O)C(O)C2O)C(O)C1O)C(O)CCCCCCCCCCCCCCCC. The molecule has 0 aliphatic carbocycles. The predicted molar refractivity (Wildman–Crippen MR) is 295 cm³/mol. The lowest BCUT2D eigenvalue weighted by atomic mass is 9.96. The molecule has 3 aliphatic rings. The zero-order valence-electron chi connectivity index (χ0n) is 47.1. The number of nitrogens with one attached hydrogen (secondary N) is 1. The van der Waals surface area contributed by atoms with Crippen LogP contribution in [0.15, 0.2) is 48.6 Å². The van der Waals surface area contributed by atoms with Gasteiger partial charge in [0.15, 0.2) is 18.9 Å². The van der Waals surface area contributed by atoms with E-state index < -0.39 is 124 Å². The first kappa shape index (κ1) is 70.0. The summed E-state index contributed by atoms with van der Waals surface area (Å²) >= 11 is 0. The molecule has 0 bridgehead atoms. The van der Waals surface area contributed by atoms with Crippen LogP contribution in [0.5, 0.6) is 0 Å². The molecule has 3 heterocycles. The fourth-order valence-corrected chi connectivity index (χ4v) is 10.0. The largest absolute Gasteiger partial charge is 0.394 e. The fourth-order valence-electron chi connectivity index (χ4n) is 10.0. The third-order valence-electron chi connectivity index (χ3n) is 14.9. The number of aliphatic hydroxyl groups is 11. The van der Waals surface area contributed by atoms with Gasteiger partial charge in [0.1, 0.15) is 73.2 Å². The van der Waals surface area contributed by atoms with Crippen LogP contribution in [0, 0.1) is 0 Å². The topological polar surface area (TPSA) is 307 Å². The second kappa shape index (κ2) is 42.6. The molecule has 0 spiro atoms. The van der Waals surface area contributed by atoms with Gasteiger partial charge in [-0.2, -0.15) is 0 Å². The number of rotatable bonds is 43. The Kier molecular flexibility index (Phi) is 38.2. The number of ether oxygens (including phenoxy) is 6. The molecule has 3 fully saturated rings. The molecule has 0 radical (unpaired) electrons. The van der Waals surface area contributed by atoms with Crippen LogP contribution < -0.4 is 5.32 Å². The van der Waals surface area contributed by atoms with Crippen LogP contribution in [0.4, 0.5) is 0 Å². The van der Waals surface area contributed by atoms with Gasteiger partial charge in [0.2, 0.25) is 5.91 Å². The molecule has 17 atom stereocenters. The summed E-state index contributed by atoms with van der Waals surface area (Å²) in [4.78, 5) is 13.3. The highest BCUT2D eigenvalue weighted by atomic mass is 16.8. The van der Waals surface area contributed by atoms with E-state index in [2.05, 4.69) is 67.8 Å². The van der Waals surface area contributed by atoms with Crippen molar-refractivity contribution in [3.8, 4) is 0 Å². The first-order valence-electron chi connectivity index (χ1n) is 29.9. The van der Waals surface area contributed by atoms with Crippen molar-refractivity contribution in [2.75, 3.05) is 26.4 Å². The molecule has 17 unspecified atom stereocenters. The Morgan fingerprint density at radius 1 is 0.474 bits per heavy atom. The number of aliphatic hydroxyl groups excluding tert-OH is 11. The Morgan fingerprint density at radius 3 is 1.38 bits per heavy atom. The van der Waals surface area contributed by atoms with E-state index in [4.69, 9.17) is 28.4 Å². The van der Waals surface area contributed by atoms with Gasteiger partial charge in [-0.05, 0) is 51.4 Å². The Bertz CT molecular complexity index is 1620. The van der Waals surface area contributed by atoms with Gasteiger partial charge in [0.25, 0.3) is 0 Å². The van der Waals surface area contributed by atoms with Crippen molar-refractivity contribution in [1.82, 2.24) is 5.32 Å². The van der Waals surface area contributed by atoms with Crippen molar-refractivity contribution in [3.63, 3.8) is 0 Å². The normalized spacial score (nSPS) is 30.8. The van der Waals surface area contributed by atoms with Crippen LogP contribution in [0.2, 0.25) is 0 Å². The lowest BCUT2D eigenvalue weighted by molar-refractivity contribution is -0.379. The van der Waals surface area contributed by atoms with Crippen LogP contribution in [0.25, 0.3) is 0 Å². The van der Waals surface area contributed by atoms with Gasteiger partial charge in [-0.25, -0.2) is 0 Å². The molecular formula is C59H105NO18. The van der Waals surface area contributed by atoms with Gasteiger partial charge in [-0.3, -0.25) is 4.79 Å². The molecule has 1 amide bonds. The Balaban J connectivity index is 1.50. The number of hydrogen-bond donors (Lipinski definition) is 12. The summed E-state index contributed by atoms with van der Waals surface area (Å²) in [5.74, 6) is -0.259. The zero-order valence-corrected chi connectivity index (χ0v) is 47.1. The van der Waals surface area contributed by atoms with Gasteiger partial charge < -0.3 is 89.9 Å². The predicted octanol–water partition coefficient (Wildman–Crippen LogP) is 5.09. The quantitative estimate of drug-likeness (QED) is 0.0279. The second-order valence-corrected chi connectivity index (χ2v) is 21.4. The standard InChI is InChI=1S/C59H105NO18/c1-3-5-7-9-11-13-15-17-19-20-21-22-23-25-27-29-31-33-35-37-47(65)60-42(43(64)36-34-32-30-28-26-24-18-16-14-12-10-8-6-4-2)41-73-57-53(71)50(68)55(45(39-62)75-57)78-59-54(72)51(69)56(46(40-63)76-59)77-58-52(70)49(67)48(66)44(38-61)74-58/h5,7,11,13,17,19,21-22,42-46,48-59,61-64,66-72H,3-4,6,8-10,12,14-16,18,20,23-41H2,1-2H3,(H,60,65)/b7-5-,13-11-,19-17-,22-21-. The molecule has 12 N–H and O–H groups in total. The fraction of sp³-hybridized carbons (Fsp3) is 0.847. The molecule has 454 valence electrons. The summed E-state index contributed by atoms with van der Waals surface area (Å²) in [7, 11) is 0. The van der Waals surface area contributed by atoms with Crippen molar-refractivity contribution in [1.29, 1.82) is 0 Å². The number of carbonyl (C=O) groups is 1. The highest BCUT2D eigenvalue weighted by Crippen LogP contribution is 2.33. The lowest BCUT2D eigenvalue weighted by Gasteiger charge is -2.48. The molecule has 3 saturated heterocycles. The number of hydrogen-bond acceptors (Lipinski definition) is 18. The van der Waals surface area contributed by atoms with E-state index in [9.17, 15) is 61.0 Å². The molecular weight excluding hydrogens is 1010 g/mol. The van der Waals surface area contributed by atoms with Gasteiger partial charge in [-0.1, -0.05) is 178 Å². The minimum absolute atomic E-state index is 0.248. The van der Waals surface area contributed by atoms with Gasteiger partial charge in [0.05, 0.1) is 38.6 Å². The molecule has 0 aromatic carbocycles. The lowest BCUT2D eigenvalue weighted by Crippen LogP contribution is -2.66. The number of carbonyl (C=O) groups excluding carboxylic acids is 1. The maximum atomic E-state index is 13.3. The van der Waals surface area contributed by atoms with E-state index in [-0.39, 0.29) is 18.9 Å². The van der Waals surface area contributed by atoms with Gasteiger partial charge in [-0.15, -0.1) is 0 Å². The second-order valence-electron chi connectivity index (χ2n) is 21.4. The Hall–Kier alpha value is -2.25. The van der Waals surface area contributed by atoms with Crippen LogP contribution in [0.1, 0.15) is 187 Å². The molecule has 3 rings (SSSR count). The maximum Gasteiger partial charge on any atom is 0.220 e. The molecule has 78 heavy (non-hydrogen) atoms. The molecule has 0 aromatic heterocycles. The van der Waals surface area contributed by atoms with Crippen molar-refractivity contribution in [2.24, 2.45) is 0 Å². The van der Waals surface area contributed by atoms with E-state index in [1.807, 2.05) is 0 Å². The van der Waals surface area contributed by atoms with E-state index in [0.717, 1.165) is 89.9 Å². The van der Waals surface area contributed by atoms with Crippen molar-refractivity contribution in [3.05, 3.63) is 48.6 Å². The highest BCUT2D eigenvalue weighted by Gasteiger charge is 2.53. The monoisotopic (exact) mass is 1120 g/mol. The van der Waals surface area contributed by atoms with Crippen LogP contribution in [-0.2, 0) is 33.2 Å². The summed E-state index contributed by atoms with van der Waals surface area (Å²) in [6.07, 6.45) is 19.0. The summed E-state index contributed by atoms with van der Waals surface area (Å²) in [5.41, 5.74) is 0. The third-order valence-corrected chi connectivity index (χ3v) is 14.9.